The summed E-state index contributed by atoms with van der Waals surface area (Å²) in [4.78, 5) is 28.5. The highest BCUT2D eigenvalue weighted by molar-refractivity contribution is 6.04. The van der Waals surface area contributed by atoms with Crippen molar-refractivity contribution < 1.29 is 18.0 Å². The van der Waals surface area contributed by atoms with E-state index in [2.05, 4.69) is 35.5 Å². The minimum Gasteiger partial charge on any atom is -0.395 e. The Bertz CT molecular complexity index is 1330. The van der Waals surface area contributed by atoms with Crippen molar-refractivity contribution in [2.45, 2.75) is 13.1 Å². The maximum absolute atomic E-state index is 12.7. The molecule has 0 spiro atoms. The number of hydrogen-bond acceptors (Lipinski definition) is 8. The highest BCUT2D eigenvalue weighted by atomic mass is 19.4. The molecule has 32 heavy (non-hydrogen) atoms. The molecule has 1 aromatic carbocycles. The van der Waals surface area contributed by atoms with Gasteiger partial charge in [-0.1, -0.05) is 6.07 Å². The van der Waals surface area contributed by atoms with Crippen LogP contribution in [0, 0.1) is 6.92 Å². The number of alkyl halides is 3. The number of benzene rings is 1. The van der Waals surface area contributed by atoms with E-state index in [-0.39, 0.29) is 34.4 Å². The van der Waals surface area contributed by atoms with Gasteiger partial charge in [-0.3, -0.25) is 9.89 Å². The Morgan fingerprint density at radius 1 is 1.16 bits per heavy atom. The van der Waals surface area contributed by atoms with Crippen LogP contribution in [0.15, 0.2) is 30.7 Å². The lowest BCUT2D eigenvalue weighted by atomic mass is 9.99. The molecular formula is C19H16F3N9O. The number of nitrogens with zero attached hydrogens (tertiary/aromatic N) is 5. The number of carbonyl (C=O) groups is 1. The molecule has 0 aliphatic carbocycles. The van der Waals surface area contributed by atoms with Crippen LogP contribution in [-0.2, 0) is 0 Å². The molecule has 3 heterocycles. The Kier molecular flexibility index (Phi) is 5.08. The van der Waals surface area contributed by atoms with E-state index < -0.39 is 18.6 Å². The van der Waals surface area contributed by atoms with Crippen LogP contribution in [0.5, 0.6) is 0 Å². The number of primary amides is 1. The van der Waals surface area contributed by atoms with Crippen molar-refractivity contribution in [1.29, 1.82) is 0 Å². The highest BCUT2D eigenvalue weighted by Crippen LogP contribution is 2.36. The summed E-state index contributed by atoms with van der Waals surface area (Å²) in [7, 11) is 0. The molecule has 6 N–H and O–H groups in total. The molecule has 0 bridgehead atoms. The second kappa shape index (κ2) is 7.76. The third-order valence-corrected chi connectivity index (χ3v) is 4.61. The first-order chi connectivity index (χ1) is 15.2. The number of H-pyrrole nitrogens is 1. The summed E-state index contributed by atoms with van der Waals surface area (Å²) in [5.74, 6) is -1.31. The molecule has 0 aliphatic rings. The third-order valence-electron chi connectivity index (χ3n) is 4.61. The minimum atomic E-state index is -4.49. The van der Waals surface area contributed by atoms with Crippen LogP contribution < -0.4 is 16.8 Å². The van der Waals surface area contributed by atoms with Crippen LogP contribution in [-0.4, -0.2) is 48.8 Å². The topological polar surface area (TPSA) is 161 Å². The summed E-state index contributed by atoms with van der Waals surface area (Å²) in [6, 6.07) is 3.62. The van der Waals surface area contributed by atoms with Gasteiger partial charge in [-0.2, -0.15) is 18.3 Å². The number of halogens is 3. The van der Waals surface area contributed by atoms with Crippen LogP contribution >= 0.6 is 0 Å². The molecule has 1 amide bonds. The van der Waals surface area contributed by atoms with E-state index in [1.165, 1.54) is 12.4 Å². The standard InChI is InChI=1S/C19H16F3N9O/c1-8-2-3-10-9(6-28-31-10)11(8)13-12(23)14(16(24)32)30-18(29-13)15-17(26-5-4-25-15)27-7-19(20,21)22/h2-6H,7,23H2,1H3,(H2,24,32)(H,26,27)(H,28,31). The first kappa shape index (κ1) is 21.0. The smallest absolute Gasteiger partial charge is 0.395 e. The molecule has 3 aromatic heterocycles. The van der Waals surface area contributed by atoms with Crippen LogP contribution in [0.1, 0.15) is 16.1 Å². The van der Waals surface area contributed by atoms with Gasteiger partial charge >= 0.3 is 6.18 Å². The summed E-state index contributed by atoms with van der Waals surface area (Å²) in [6.45, 7) is 0.461. The van der Waals surface area contributed by atoms with Gasteiger partial charge in [0.2, 0.25) is 0 Å². The number of nitrogen functional groups attached to an aromatic ring is 1. The number of aromatic amines is 1. The summed E-state index contributed by atoms with van der Waals surface area (Å²) in [5.41, 5.74) is 13.4. The number of anilines is 2. The largest absolute Gasteiger partial charge is 0.405 e. The van der Waals surface area contributed by atoms with Gasteiger partial charge in [-0.15, -0.1) is 0 Å². The van der Waals surface area contributed by atoms with Crippen molar-refractivity contribution in [3.8, 4) is 22.8 Å². The summed E-state index contributed by atoms with van der Waals surface area (Å²) in [6.07, 6.45) is -0.443. The Morgan fingerprint density at radius 3 is 2.62 bits per heavy atom. The first-order valence-corrected chi connectivity index (χ1v) is 9.18. The van der Waals surface area contributed by atoms with Gasteiger partial charge < -0.3 is 16.8 Å². The Balaban J connectivity index is 1.95. The number of amides is 1. The van der Waals surface area contributed by atoms with Crippen molar-refractivity contribution in [3.05, 3.63) is 42.0 Å². The predicted molar refractivity (Wildman–Crippen MR) is 110 cm³/mol. The molecule has 0 radical (unpaired) electrons. The highest BCUT2D eigenvalue weighted by Gasteiger charge is 2.28. The van der Waals surface area contributed by atoms with Crippen LogP contribution in [0.2, 0.25) is 0 Å². The Morgan fingerprint density at radius 2 is 1.91 bits per heavy atom. The molecular weight excluding hydrogens is 427 g/mol. The summed E-state index contributed by atoms with van der Waals surface area (Å²) < 4.78 is 38.2. The van der Waals surface area contributed by atoms with Crippen LogP contribution in [0.3, 0.4) is 0 Å². The maximum atomic E-state index is 12.7. The second-order valence-corrected chi connectivity index (χ2v) is 6.83. The van der Waals surface area contributed by atoms with Crippen molar-refractivity contribution in [3.63, 3.8) is 0 Å². The lowest BCUT2D eigenvalue weighted by molar-refractivity contribution is -0.115. The van der Waals surface area contributed by atoms with Crippen LogP contribution in [0.4, 0.5) is 24.7 Å². The first-order valence-electron chi connectivity index (χ1n) is 9.18. The molecule has 10 nitrogen and oxygen atoms in total. The van der Waals surface area contributed by atoms with E-state index in [0.717, 1.165) is 5.56 Å². The van der Waals surface area contributed by atoms with Crippen molar-refractivity contribution in [2.24, 2.45) is 5.73 Å². The number of aromatic nitrogens is 6. The minimum absolute atomic E-state index is 0.0771. The van der Waals surface area contributed by atoms with Crippen molar-refractivity contribution >= 4 is 28.3 Å². The number of carbonyl (C=O) groups excluding carboxylic acids is 1. The SMILES string of the molecule is Cc1ccc2[nH]ncc2c1-c1nc(-c2nccnc2NCC(F)(F)F)nc(C(N)=O)c1N. The van der Waals surface area contributed by atoms with E-state index in [0.29, 0.717) is 16.5 Å². The fourth-order valence-electron chi connectivity index (χ4n) is 3.21. The molecule has 0 saturated heterocycles. The molecule has 0 saturated carbocycles. The van der Waals surface area contributed by atoms with E-state index in [1.807, 2.05) is 13.0 Å². The Hall–Kier alpha value is -4.29. The van der Waals surface area contributed by atoms with Crippen molar-refractivity contribution in [2.75, 3.05) is 17.6 Å². The number of fused-ring (bicyclic) bond motifs is 1. The molecule has 0 atom stereocenters. The molecule has 4 aromatic rings. The number of nitrogens with one attached hydrogen (secondary N) is 2. The van der Waals surface area contributed by atoms with Gasteiger partial charge in [0.25, 0.3) is 5.91 Å². The zero-order chi connectivity index (χ0) is 23.0. The number of rotatable bonds is 5. The summed E-state index contributed by atoms with van der Waals surface area (Å²) in [5, 5.41) is 9.70. The van der Waals surface area contributed by atoms with E-state index >= 15 is 0 Å². The average molecular weight is 443 g/mol. The molecule has 13 heteroatoms. The summed E-state index contributed by atoms with van der Waals surface area (Å²) >= 11 is 0. The lowest BCUT2D eigenvalue weighted by Gasteiger charge is -2.15. The fraction of sp³-hybridized carbons (Fsp3) is 0.158. The second-order valence-electron chi connectivity index (χ2n) is 6.83. The molecule has 164 valence electrons. The van der Waals surface area contributed by atoms with E-state index in [9.17, 15) is 18.0 Å². The fourth-order valence-corrected chi connectivity index (χ4v) is 3.21. The number of nitrogens with two attached hydrogens (primary N) is 2. The van der Waals surface area contributed by atoms with E-state index in [1.54, 1.807) is 12.3 Å². The number of hydrogen-bond donors (Lipinski definition) is 4. The average Bonchev–Trinajstić information content (AvgIpc) is 3.21. The van der Waals surface area contributed by atoms with Gasteiger partial charge in [-0.25, -0.2) is 19.9 Å². The molecule has 4 rings (SSSR count). The predicted octanol–water partition coefficient (Wildman–Crippen LogP) is 2.44. The van der Waals surface area contributed by atoms with Gasteiger partial charge in [0.15, 0.2) is 17.3 Å². The molecule has 0 aliphatic heterocycles. The van der Waals surface area contributed by atoms with Gasteiger partial charge in [0.1, 0.15) is 12.2 Å². The zero-order valence-corrected chi connectivity index (χ0v) is 16.5. The molecule has 0 unspecified atom stereocenters. The van der Waals surface area contributed by atoms with Crippen molar-refractivity contribution in [1.82, 2.24) is 30.1 Å². The van der Waals surface area contributed by atoms with Gasteiger partial charge in [-0.05, 0) is 18.6 Å². The molecule has 0 fully saturated rings. The maximum Gasteiger partial charge on any atom is 0.405 e. The van der Waals surface area contributed by atoms with Crippen LogP contribution in [0.25, 0.3) is 33.7 Å². The van der Waals surface area contributed by atoms with Gasteiger partial charge in [0, 0.05) is 23.3 Å². The Labute approximate surface area is 178 Å². The normalized spacial score (nSPS) is 11.6. The monoisotopic (exact) mass is 443 g/mol. The van der Waals surface area contributed by atoms with E-state index in [4.69, 9.17) is 11.5 Å². The number of aryl methyl sites for hydroxylation is 1. The van der Waals surface area contributed by atoms with Gasteiger partial charge in [0.05, 0.1) is 23.1 Å². The third kappa shape index (κ3) is 3.87. The lowest BCUT2D eigenvalue weighted by Crippen LogP contribution is -2.22. The zero-order valence-electron chi connectivity index (χ0n) is 16.5. The quantitative estimate of drug-likeness (QED) is 0.366.